The molecule has 29 heavy (non-hydrogen) atoms. The van der Waals surface area contributed by atoms with Crippen LogP contribution in [0, 0.1) is 11.8 Å². The molecule has 9 nitrogen and oxygen atoms in total. The van der Waals surface area contributed by atoms with Crippen molar-refractivity contribution < 1.29 is 39.0 Å². The Kier molecular flexibility index (Phi) is 5.81. The molecule has 2 fully saturated rings. The van der Waals surface area contributed by atoms with Gasteiger partial charge in [0.05, 0.1) is 26.4 Å². The molecule has 0 unspecified atom stereocenters. The van der Waals surface area contributed by atoms with E-state index in [0.717, 1.165) is 4.90 Å². The van der Waals surface area contributed by atoms with Gasteiger partial charge in [-0.2, -0.15) is 0 Å². The van der Waals surface area contributed by atoms with Crippen molar-refractivity contribution in [3.8, 4) is 11.5 Å². The lowest BCUT2D eigenvalue weighted by molar-refractivity contribution is -0.735. The molecular weight excluding hydrogens is 380 g/mol. The summed E-state index contributed by atoms with van der Waals surface area (Å²) in [6, 6.07) is 4.52. The van der Waals surface area contributed by atoms with E-state index in [-0.39, 0.29) is 19.1 Å². The standard InChI is InChI=1S/C20H26N2O7/c1-5-22-17(24)14-15(18(22)25)20(10-23,19(26)29-6-2)21-16(14)12-9-11(27-3)7-8-13(12)28-4/h7-9,14-16,21,23H,5-6,10H2,1-4H3/p+1/t14-,15+,16-,20+/m0/s1. The lowest BCUT2D eigenvalue weighted by Crippen LogP contribution is -2.99. The first-order valence-electron chi connectivity index (χ1n) is 9.61. The van der Waals surface area contributed by atoms with Crippen molar-refractivity contribution in [1.82, 2.24) is 4.90 Å². The number of carbonyl (C=O) groups excluding carboxylic acids is 3. The minimum atomic E-state index is -1.60. The summed E-state index contributed by atoms with van der Waals surface area (Å²) in [4.78, 5) is 40.2. The summed E-state index contributed by atoms with van der Waals surface area (Å²) in [5.41, 5.74) is -0.989. The van der Waals surface area contributed by atoms with Crippen LogP contribution in [0.3, 0.4) is 0 Å². The predicted molar refractivity (Wildman–Crippen MR) is 100 cm³/mol. The lowest BCUT2D eigenvalue weighted by atomic mass is 9.79. The highest BCUT2D eigenvalue weighted by Gasteiger charge is 2.72. The molecule has 1 aromatic rings. The molecule has 2 aliphatic heterocycles. The van der Waals surface area contributed by atoms with Crippen LogP contribution in [0.4, 0.5) is 0 Å². The summed E-state index contributed by atoms with van der Waals surface area (Å²) in [5, 5.41) is 11.8. The molecule has 0 saturated carbocycles. The number of methoxy groups -OCH3 is 2. The molecule has 158 valence electrons. The van der Waals surface area contributed by atoms with Crippen LogP contribution in [-0.4, -0.2) is 67.3 Å². The Hall–Kier alpha value is -2.65. The number of likely N-dealkylation sites (tertiary alicyclic amines) is 1. The number of ether oxygens (including phenoxy) is 3. The predicted octanol–water partition coefficient (Wildman–Crippen LogP) is -0.763. The van der Waals surface area contributed by atoms with E-state index in [1.807, 2.05) is 0 Å². The summed E-state index contributed by atoms with van der Waals surface area (Å²) >= 11 is 0. The van der Waals surface area contributed by atoms with E-state index in [4.69, 9.17) is 14.2 Å². The Balaban J connectivity index is 2.18. The van der Waals surface area contributed by atoms with Crippen molar-refractivity contribution in [2.75, 3.05) is 34.0 Å². The number of nitrogens with zero attached hydrogens (tertiary/aromatic N) is 1. The fourth-order valence-corrected chi connectivity index (χ4v) is 4.55. The number of benzene rings is 1. The second-order valence-corrected chi connectivity index (χ2v) is 7.14. The van der Waals surface area contributed by atoms with Gasteiger partial charge in [0.1, 0.15) is 36.0 Å². The fourth-order valence-electron chi connectivity index (χ4n) is 4.55. The zero-order chi connectivity index (χ0) is 21.3. The average Bonchev–Trinajstić information content (AvgIpc) is 3.21. The molecule has 2 saturated heterocycles. The second-order valence-electron chi connectivity index (χ2n) is 7.14. The van der Waals surface area contributed by atoms with Crippen molar-refractivity contribution in [2.24, 2.45) is 11.8 Å². The third-order valence-electron chi connectivity index (χ3n) is 5.89. The van der Waals surface area contributed by atoms with Crippen LogP contribution in [0.25, 0.3) is 0 Å². The van der Waals surface area contributed by atoms with E-state index in [9.17, 15) is 19.5 Å². The maximum Gasteiger partial charge on any atom is 0.371 e. The number of nitrogens with two attached hydrogens (primary N) is 1. The number of aliphatic hydroxyl groups is 1. The average molecular weight is 407 g/mol. The number of aliphatic hydroxyl groups excluding tert-OH is 1. The third-order valence-corrected chi connectivity index (χ3v) is 5.89. The molecule has 3 rings (SSSR count). The number of hydrogen-bond donors (Lipinski definition) is 2. The Morgan fingerprint density at radius 3 is 2.48 bits per heavy atom. The van der Waals surface area contributed by atoms with E-state index in [0.29, 0.717) is 17.1 Å². The van der Waals surface area contributed by atoms with Gasteiger partial charge < -0.3 is 24.6 Å². The van der Waals surface area contributed by atoms with Crippen molar-refractivity contribution in [1.29, 1.82) is 0 Å². The minimum absolute atomic E-state index is 0.0958. The van der Waals surface area contributed by atoms with E-state index in [1.165, 1.54) is 14.2 Å². The monoisotopic (exact) mass is 407 g/mol. The van der Waals surface area contributed by atoms with Gasteiger partial charge in [-0.15, -0.1) is 0 Å². The molecule has 0 aromatic heterocycles. The number of carbonyl (C=O) groups is 3. The molecule has 2 aliphatic rings. The number of amides is 2. The maximum absolute atomic E-state index is 13.1. The van der Waals surface area contributed by atoms with Gasteiger partial charge in [0.15, 0.2) is 0 Å². The van der Waals surface area contributed by atoms with E-state index >= 15 is 0 Å². The molecular formula is C20H27N2O7+. The first-order chi connectivity index (χ1) is 13.9. The zero-order valence-electron chi connectivity index (χ0n) is 17.0. The van der Waals surface area contributed by atoms with Crippen LogP contribution in [0.1, 0.15) is 25.5 Å². The number of esters is 1. The smallest absolute Gasteiger partial charge is 0.371 e. The SMILES string of the molecule is CCOC(=O)[C@]1(CO)[NH2+][C@@H](c2cc(OC)ccc2OC)[C@H]2C(=O)N(CC)C(=O)[C@@H]21. The first kappa shape index (κ1) is 21.1. The molecule has 9 heteroatoms. The van der Waals surface area contributed by atoms with Crippen LogP contribution in [0.15, 0.2) is 18.2 Å². The van der Waals surface area contributed by atoms with Gasteiger partial charge in [0.2, 0.25) is 17.4 Å². The number of imide groups is 1. The molecule has 1 aromatic carbocycles. The van der Waals surface area contributed by atoms with E-state index in [1.54, 1.807) is 37.4 Å². The summed E-state index contributed by atoms with van der Waals surface area (Å²) in [6.07, 6.45) is 0. The normalized spacial score (nSPS) is 28.4. The first-order valence-corrected chi connectivity index (χ1v) is 9.61. The largest absolute Gasteiger partial charge is 0.497 e. The van der Waals surface area contributed by atoms with Gasteiger partial charge in [-0.05, 0) is 32.0 Å². The van der Waals surface area contributed by atoms with Crippen LogP contribution in [0.2, 0.25) is 0 Å². The van der Waals surface area contributed by atoms with Crippen LogP contribution < -0.4 is 14.8 Å². The number of quaternary nitrogens is 1. The zero-order valence-corrected chi connectivity index (χ0v) is 17.0. The Morgan fingerprint density at radius 2 is 1.93 bits per heavy atom. The van der Waals surface area contributed by atoms with Gasteiger partial charge in [-0.1, -0.05) is 0 Å². The quantitative estimate of drug-likeness (QED) is 0.450. The molecule has 0 spiro atoms. The van der Waals surface area contributed by atoms with Gasteiger partial charge in [0.25, 0.3) is 0 Å². The Bertz CT molecular complexity index is 827. The summed E-state index contributed by atoms with van der Waals surface area (Å²) in [7, 11) is 3.02. The van der Waals surface area contributed by atoms with Crippen LogP contribution >= 0.6 is 0 Å². The summed E-state index contributed by atoms with van der Waals surface area (Å²) < 4.78 is 16.0. The maximum atomic E-state index is 13.1. The third kappa shape index (κ3) is 3.05. The summed E-state index contributed by atoms with van der Waals surface area (Å²) in [6.45, 7) is 3.01. The number of fused-ring (bicyclic) bond motifs is 1. The molecule has 2 heterocycles. The minimum Gasteiger partial charge on any atom is -0.497 e. The highest BCUT2D eigenvalue weighted by molar-refractivity contribution is 6.08. The van der Waals surface area contributed by atoms with Gasteiger partial charge in [-0.25, -0.2) is 4.79 Å². The Morgan fingerprint density at radius 1 is 1.21 bits per heavy atom. The number of rotatable bonds is 7. The molecule has 3 N–H and O–H groups in total. The number of hydrogen-bond acceptors (Lipinski definition) is 7. The lowest BCUT2D eigenvalue weighted by Gasteiger charge is -2.27. The molecule has 0 aliphatic carbocycles. The second kappa shape index (κ2) is 8.00. The van der Waals surface area contributed by atoms with Crippen molar-refractivity contribution in [3.05, 3.63) is 23.8 Å². The van der Waals surface area contributed by atoms with Crippen LogP contribution in [-0.2, 0) is 19.1 Å². The molecule has 0 radical (unpaired) electrons. The van der Waals surface area contributed by atoms with Crippen molar-refractivity contribution in [3.63, 3.8) is 0 Å². The molecule has 4 atom stereocenters. The van der Waals surface area contributed by atoms with Gasteiger partial charge >= 0.3 is 5.97 Å². The van der Waals surface area contributed by atoms with Gasteiger partial charge in [0, 0.05) is 6.54 Å². The highest BCUT2D eigenvalue weighted by atomic mass is 16.5. The van der Waals surface area contributed by atoms with Gasteiger partial charge in [-0.3, -0.25) is 14.5 Å². The highest BCUT2D eigenvalue weighted by Crippen LogP contribution is 2.46. The van der Waals surface area contributed by atoms with Crippen molar-refractivity contribution >= 4 is 17.8 Å². The summed E-state index contributed by atoms with van der Waals surface area (Å²) in [5.74, 6) is -2.36. The molecule has 2 amide bonds. The van der Waals surface area contributed by atoms with Crippen molar-refractivity contribution in [2.45, 2.75) is 25.4 Å². The Labute approximate surface area is 168 Å². The topological polar surface area (TPSA) is 119 Å². The van der Waals surface area contributed by atoms with E-state index in [2.05, 4.69) is 0 Å². The van der Waals surface area contributed by atoms with Crippen LogP contribution in [0.5, 0.6) is 11.5 Å². The molecule has 0 bridgehead atoms. The fraction of sp³-hybridized carbons (Fsp3) is 0.550. The van der Waals surface area contributed by atoms with E-state index < -0.39 is 41.9 Å².